The molecule has 0 aliphatic carbocycles. The number of pyridine rings is 1. The highest BCUT2D eigenvalue weighted by molar-refractivity contribution is 6.30. The average molecular weight is 377 g/mol. The van der Waals surface area contributed by atoms with Crippen LogP contribution in [0.5, 0.6) is 0 Å². The molecule has 0 bridgehead atoms. The summed E-state index contributed by atoms with van der Waals surface area (Å²) in [6.45, 7) is 0.512. The number of nitrogens with zero attached hydrogens (tertiary/aromatic N) is 2. The number of aromatic nitrogens is 1. The van der Waals surface area contributed by atoms with Crippen molar-refractivity contribution in [1.29, 1.82) is 5.26 Å². The summed E-state index contributed by atoms with van der Waals surface area (Å²) >= 11 is 5.86. The fourth-order valence-electron chi connectivity index (χ4n) is 2.51. The number of carbonyl (C=O) groups excluding carboxylic acids is 1. The number of nitriles is 1. The van der Waals surface area contributed by atoms with Crippen LogP contribution in [0.2, 0.25) is 5.02 Å². The van der Waals surface area contributed by atoms with Crippen LogP contribution in [0, 0.1) is 11.3 Å². The summed E-state index contributed by atoms with van der Waals surface area (Å²) < 4.78 is 0. The van der Waals surface area contributed by atoms with Crippen molar-refractivity contribution in [3.63, 3.8) is 0 Å². The lowest BCUT2D eigenvalue weighted by Crippen LogP contribution is -2.26. The van der Waals surface area contributed by atoms with Crippen molar-refractivity contribution in [2.75, 3.05) is 11.9 Å². The van der Waals surface area contributed by atoms with Crippen molar-refractivity contribution in [3.05, 3.63) is 88.7 Å². The van der Waals surface area contributed by atoms with Gasteiger partial charge in [0.1, 0.15) is 11.8 Å². The predicted octanol–water partition coefficient (Wildman–Crippen LogP) is 4.32. The number of para-hydroxylation sites is 1. The van der Waals surface area contributed by atoms with Gasteiger partial charge >= 0.3 is 0 Å². The molecule has 0 atom stereocenters. The second kappa shape index (κ2) is 8.84. The zero-order valence-corrected chi connectivity index (χ0v) is 15.2. The molecule has 0 spiro atoms. The molecule has 134 valence electrons. The molecule has 2 N–H and O–H groups in total. The molecule has 27 heavy (non-hydrogen) atoms. The van der Waals surface area contributed by atoms with Crippen LogP contribution in [0.15, 0.2) is 66.9 Å². The van der Waals surface area contributed by atoms with E-state index < -0.39 is 0 Å². The molecule has 3 aromatic rings. The summed E-state index contributed by atoms with van der Waals surface area (Å²) in [5.41, 5.74) is 3.38. The average Bonchev–Trinajstić information content (AvgIpc) is 2.70. The van der Waals surface area contributed by atoms with Crippen molar-refractivity contribution in [2.45, 2.75) is 6.42 Å². The number of hydrogen-bond acceptors (Lipinski definition) is 4. The lowest BCUT2D eigenvalue weighted by Gasteiger charge is -2.09. The van der Waals surface area contributed by atoms with E-state index in [1.807, 2.05) is 36.4 Å². The lowest BCUT2D eigenvalue weighted by atomic mass is 10.1. The molecule has 6 heteroatoms. The van der Waals surface area contributed by atoms with Crippen LogP contribution < -0.4 is 10.6 Å². The molecule has 0 fully saturated rings. The van der Waals surface area contributed by atoms with E-state index in [1.54, 1.807) is 30.5 Å². The molecule has 3 rings (SSSR count). The van der Waals surface area contributed by atoms with E-state index in [1.165, 1.54) is 0 Å². The number of hydrogen-bond donors (Lipinski definition) is 2. The Labute approximate surface area is 162 Å². The zero-order valence-electron chi connectivity index (χ0n) is 14.4. The maximum absolute atomic E-state index is 12.2. The molecule has 0 aliphatic heterocycles. The van der Waals surface area contributed by atoms with Crippen LogP contribution in [0.3, 0.4) is 0 Å². The van der Waals surface area contributed by atoms with Gasteiger partial charge in [-0.05, 0) is 48.4 Å². The van der Waals surface area contributed by atoms with Crippen molar-refractivity contribution in [2.24, 2.45) is 0 Å². The second-order valence-corrected chi connectivity index (χ2v) is 6.28. The number of benzene rings is 2. The molecule has 0 saturated heterocycles. The van der Waals surface area contributed by atoms with Crippen molar-refractivity contribution in [1.82, 2.24) is 10.3 Å². The molecule has 0 radical (unpaired) electrons. The third-order valence-corrected chi connectivity index (χ3v) is 4.19. The van der Waals surface area contributed by atoms with Crippen LogP contribution in [0.1, 0.15) is 21.6 Å². The standard InChI is InChI=1S/C21H17ClN4O/c22-17-7-5-15(6-8-17)11-12-24-21(27)20-10-9-18(14-25-20)26-19-4-2-1-3-16(19)13-23/h1-10,14,26H,11-12H2,(H,24,27). The normalized spacial score (nSPS) is 10.1. The van der Waals surface area contributed by atoms with E-state index in [0.717, 1.165) is 5.56 Å². The third kappa shape index (κ3) is 5.06. The first-order valence-corrected chi connectivity index (χ1v) is 8.78. The van der Waals surface area contributed by atoms with Gasteiger partial charge in [0.15, 0.2) is 0 Å². The minimum Gasteiger partial charge on any atom is -0.353 e. The largest absolute Gasteiger partial charge is 0.353 e. The summed E-state index contributed by atoms with van der Waals surface area (Å²) in [5.74, 6) is -0.229. The fraction of sp³-hybridized carbons (Fsp3) is 0.0952. The molecule has 1 heterocycles. The molecule has 5 nitrogen and oxygen atoms in total. The summed E-state index contributed by atoms with van der Waals surface area (Å²) in [5, 5.41) is 15.8. The van der Waals surface area contributed by atoms with Gasteiger partial charge in [0.2, 0.25) is 0 Å². The molecular formula is C21H17ClN4O. The first-order chi connectivity index (χ1) is 13.2. The fourth-order valence-corrected chi connectivity index (χ4v) is 2.64. The highest BCUT2D eigenvalue weighted by Gasteiger charge is 2.07. The number of amides is 1. The molecular weight excluding hydrogens is 360 g/mol. The Hall–Kier alpha value is -3.36. The maximum Gasteiger partial charge on any atom is 0.269 e. The van der Waals surface area contributed by atoms with E-state index in [0.29, 0.717) is 40.6 Å². The quantitative estimate of drug-likeness (QED) is 0.671. The van der Waals surface area contributed by atoms with E-state index >= 15 is 0 Å². The van der Waals surface area contributed by atoms with Crippen LogP contribution >= 0.6 is 11.6 Å². The van der Waals surface area contributed by atoms with Gasteiger partial charge in [-0.15, -0.1) is 0 Å². The lowest BCUT2D eigenvalue weighted by molar-refractivity contribution is 0.0949. The van der Waals surface area contributed by atoms with Gasteiger partial charge in [-0.2, -0.15) is 5.26 Å². The van der Waals surface area contributed by atoms with Crippen LogP contribution in [0.25, 0.3) is 0 Å². The van der Waals surface area contributed by atoms with Crippen molar-refractivity contribution in [3.8, 4) is 6.07 Å². The van der Waals surface area contributed by atoms with Gasteiger partial charge in [0.05, 0.1) is 23.1 Å². The van der Waals surface area contributed by atoms with E-state index in [2.05, 4.69) is 21.7 Å². The summed E-state index contributed by atoms with van der Waals surface area (Å²) in [6, 6.07) is 20.3. The third-order valence-electron chi connectivity index (χ3n) is 3.94. The topological polar surface area (TPSA) is 77.8 Å². The van der Waals surface area contributed by atoms with Crippen LogP contribution in [0.4, 0.5) is 11.4 Å². The Balaban J connectivity index is 1.55. The van der Waals surface area contributed by atoms with Gasteiger partial charge in [0, 0.05) is 11.6 Å². The van der Waals surface area contributed by atoms with Crippen molar-refractivity contribution >= 4 is 28.9 Å². The van der Waals surface area contributed by atoms with Gasteiger partial charge in [0.25, 0.3) is 5.91 Å². The number of rotatable bonds is 6. The number of nitrogens with one attached hydrogen (secondary N) is 2. The van der Waals surface area contributed by atoms with E-state index in [9.17, 15) is 4.79 Å². The Bertz CT molecular complexity index is 963. The number of anilines is 2. The summed E-state index contributed by atoms with van der Waals surface area (Å²) in [6.07, 6.45) is 2.29. The Morgan fingerprint density at radius 1 is 1.07 bits per heavy atom. The van der Waals surface area contributed by atoms with Crippen LogP contribution in [-0.2, 0) is 6.42 Å². The minimum atomic E-state index is -0.229. The molecule has 1 aromatic heterocycles. The maximum atomic E-state index is 12.2. The van der Waals surface area contributed by atoms with Gasteiger partial charge < -0.3 is 10.6 Å². The Morgan fingerprint density at radius 3 is 2.56 bits per heavy atom. The SMILES string of the molecule is N#Cc1ccccc1Nc1ccc(C(=O)NCCc2ccc(Cl)cc2)nc1. The first kappa shape index (κ1) is 18.4. The smallest absolute Gasteiger partial charge is 0.269 e. The molecule has 1 amide bonds. The summed E-state index contributed by atoms with van der Waals surface area (Å²) in [7, 11) is 0. The molecule has 2 aromatic carbocycles. The summed E-state index contributed by atoms with van der Waals surface area (Å²) in [4.78, 5) is 16.4. The Morgan fingerprint density at radius 2 is 1.85 bits per heavy atom. The number of halogens is 1. The molecule has 0 aliphatic rings. The van der Waals surface area contributed by atoms with Gasteiger partial charge in [-0.25, -0.2) is 4.98 Å². The van der Waals surface area contributed by atoms with E-state index in [4.69, 9.17) is 16.9 Å². The van der Waals surface area contributed by atoms with E-state index in [-0.39, 0.29) is 5.91 Å². The molecule has 0 saturated carbocycles. The predicted molar refractivity (Wildman–Crippen MR) is 106 cm³/mol. The molecule has 0 unspecified atom stereocenters. The monoisotopic (exact) mass is 376 g/mol. The minimum absolute atomic E-state index is 0.229. The second-order valence-electron chi connectivity index (χ2n) is 5.85. The van der Waals surface area contributed by atoms with Gasteiger partial charge in [-0.3, -0.25) is 4.79 Å². The van der Waals surface area contributed by atoms with Crippen molar-refractivity contribution < 1.29 is 4.79 Å². The Kier molecular flexibility index (Phi) is 6.03. The zero-order chi connectivity index (χ0) is 19.1. The highest BCUT2D eigenvalue weighted by atomic mass is 35.5. The first-order valence-electron chi connectivity index (χ1n) is 8.40. The van der Waals surface area contributed by atoms with Crippen LogP contribution in [-0.4, -0.2) is 17.4 Å². The van der Waals surface area contributed by atoms with Gasteiger partial charge in [-0.1, -0.05) is 35.9 Å². The highest BCUT2D eigenvalue weighted by Crippen LogP contribution is 2.19. The number of carbonyl (C=O) groups is 1.